The number of nitrogens with one attached hydrogen (secondary N) is 2. The molecule has 27 heavy (non-hydrogen) atoms. The Hall–Kier alpha value is -2.32. The Morgan fingerprint density at radius 1 is 1.48 bits per heavy atom. The molecule has 10 nitrogen and oxygen atoms in total. The Kier molecular flexibility index (Phi) is 7.44. The molecule has 2 aromatic rings. The molecule has 0 fully saturated rings. The van der Waals surface area contributed by atoms with Crippen LogP contribution < -0.4 is 10.9 Å². The van der Waals surface area contributed by atoms with E-state index in [1.54, 1.807) is 11.6 Å². The topological polar surface area (TPSA) is 123 Å². The zero-order valence-corrected chi connectivity index (χ0v) is 16.9. The summed E-state index contributed by atoms with van der Waals surface area (Å²) in [5.74, 6) is -0.0332. The maximum atomic E-state index is 12.1. The van der Waals surface area contributed by atoms with E-state index in [1.807, 2.05) is 20.8 Å². The van der Waals surface area contributed by atoms with Gasteiger partial charge >= 0.3 is 5.97 Å². The Labute approximate surface area is 159 Å². The smallest absolute Gasteiger partial charge is 0.331 e. The van der Waals surface area contributed by atoms with Gasteiger partial charge in [-0.1, -0.05) is 20.8 Å². The second-order valence-corrected chi connectivity index (χ2v) is 6.58. The third kappa shape index (κ3) is 5.11. The van der Waals surface area contributed by atoms with E-state index in [4.69, 9.17) is 9.47 Å². The zero-order chi connectivity index (χ0) is 20.0. The summed E-state index contributed by atoms with van der Waals surface area (Å²) in [6.45, 7) is 5.95. The molecule has 0 bridgehead atoms. The first kappa shape index (κ1) is 21.0. The van der Waals surface area contributed by atoms with Gasteiger partial charge in [-0.2, -0.15) is 4.98 Å². The maximum absolute atomic E-state index is 12.1. The molecule has 2 atom stereocenters. The van der Waals surface area contributed by atoms with Crippen LogP contribution in [-0.4, -0.2) is 51.3 Å². The third-order valence-corrected chi connectivity index (χ3v) is 4.32. The van der Waals surface area contributed by atoms with Crippen molar-refractivity contribution in [2.24, 2.45) is 10.7 Å². The van der Waals surface area contributed by atoms with Gasteiger partial charge < -0.3 is 14.8 Å². The first-order chi connectivity index (χ1) is 12.9. The quantitative estimate of drug-likeness (QED) is 0.464. The molecular formula is C16H25N6O4P. The van der Waals surface area contributed by atoms with Crippen LogP contribution in [0.15, 0.2) is 15.9 Å². The van der Waals surface area contributed by atoms with Crippen molar-refractivity contribution in [3.63, 3.8) is 0 Å². The van der Waals surface area contributed by atoms with Crippen LogP contribution in [-0.2, 0) is 21.0 Å². The van der Waals surface area contributed by atoms with E-state index in [9.17, 15) is 9.59 Å². The van der Waals surface area contributed by atoms with Crippen molar-refractivity contribution in [1.29, 1.82) is 0 Å². The summed E-state index contributed by atoms with van der Waals surface area (Å²) < 4.78 is 16.6. The minimum absolute atomic E-state index is 0.0267. The van der Waals surface area contributed by atoms with Crippen molar-refractivity contribution in [3.8, 4) is 0 Å². The van der Waals surface area contributed by atoms with Crippen LogP contribution in [0.25, 0.3) is 11.2 Å². The number of hydrogen-bond acceptors (Lipinski definition) is 8. The number of nitrogens with zero attached hydrogens (tertiary/aromatic N) is 4. The number of esters is 1. The van der Waals surface area contributed by atoms with Gasteiger partial charge in [0.25, 0.3) is 5.56 Å². The Bertz CT molecular complexity index is 849. The number of hydrogen-bond donors (Lipinski definition) is 2. The first-order valence-corrected chi connectivity index (χ1v) is 9.13. The summed E-state index contributed by atoms with van der Waals surface area (Å²) in [5.41, 5.74) is 0.311. The largest absolute Gasteiger partial charge is 0.461 e. The molecular weight excluding hydrogens is 371 g/mol. The number of aromatic nitrogens is 4. The summed E-state index contributed by atoms with van der Waals surface area (Å²) >= 11 is 0. The fourth-order valence-electron chi connectivity index (χ4n) is 2.37. The standard InChI is InChI=1S/C16H25N6O4P/c1-5-10(6-25-15(24)11(21-27)9(2)3)26-8-22-7-18-12-13(22)19-16(17-4)20-14(12)23/h7,9-11,27H,5-6,8H2,1-4H3,(H2,17,19,20,23). The number of H-pyrrole nitrogens is 1. The molecule has 0 saturated carbocycles. The van der Waals surface area contributed by atoms with Gasteiger partial charge in [0.05, 0.1) is 12.4 Å². The maximum Gasteiger partial charge on any atom is 0.331 e. The molecule has 0 amide bonds. The lowest BCUT2D eigenvalue weighted by atomic mass is 10.1. The SMILES string of the molecule is CCC(COC(=O)C(N=P)C(C)C)OCn1cnc2c(=O)[nH]c(NC)nc21. The second-order valence-electron chi connectivity index (χ2n) is 6.33. The van der Waals surface area contributed by atoms with Crippen molar-refractivity contribution in [2.75, 3.05) is 19.0 Å². The Balaban J connectivity index is 2.01. The molecule has 2 N–H and O–H groups in total. The highest BCUT2D eigenvalue weighted by Gasteiger charge is 2.23. The van der Waals surface area contributed by atoms with E-state index in [0.717, 1.165) is 0 Å². The van der Waals surface area contributed by atoms with Crippen LogP contribution in [0.1, 0.15) is 27.2 Å². The highest BCUT2D eigenvalue weighted by atomic mass is 31.0. The monoisotopic (exact) mass is 396 g/mol. The molecule has 11 heteroatoms. The molecule has 0 aliphatic rings. The van der Waals surface area contributed by atoms with Crippen LogP contribution in [0.4, 0.5) is 5.95 Å². The first-order valence-electron chi connectivity index (χ1n) is 8.68. The average Bonchev–Trinajstić information content (AvgIpc) is 3.05. The van der Waals surface area contributed by atoms with E-state index < -0.39 is 12.0 Å². The Morgan fingerprint density at radius 2 is 2.22 bits per heavy atom. The number of rotatable bonds is 10. The van der Waals surface area contributed by atoms with Gasteiger partial charge in [0.2, 0.25) is 5.95 Å². The van der Waals surface area contributed by atoms with E-state index in [2.05, 4.69) is 34.0 Å². The second kappa shape index (κ2) is 9.57. The number of anilines is 1. The van der Waals surface area contributed by atoms with Crippen molar-refractivity contribution in [3.05, 3.63) is 16.7 Å². The van der Waals surface area contributed by atoms with Crippen molar-refractivity contribution < 1.29 is 14.3 Å². The minimum Gasteiger partial charge on any atom is -0.461 e. The number of fused-ring (bicyclic) bond motifs is 1. The van der Waals surface area contributed by atoms with Gasteiger partial charge in [-0.25, -0.2) is 9.78 Å². The van der Waals surface area contributed by atoms with Crippen LogP contribution >= 0.6 is 9.03 Å². The Morgan fingerprint density at radius 3 is 2.81 bits per heavy atom. The average molecular weight is 396 g/mol. The molecule has 0 spiro atoms. The zero-order valence-electron chi connectivity index (χ0n) is 15.9. The highest BCUT2D eigenvalue weighted by molar-refractivity contribution is 7.04. The molecule has 0 aromatic carbocycles. The van der Waals surface area contributed by atoms with Crippen molar-refractivity contribution >= 4 is 32.1 Å². The van der Waals surface area contributed by atoms with Crippen LogP contribution in [0.2, 0.25) is 0 Å². The normalized spacial score (nSPS) is 13.5. The van der Waals surface area contributed by atoms with E-state index in [1.165, 1.54) is 6.33 Å². The van der Waals surface area contributed by atoms with E-state index in [0.29, 0.717) is 18.0 Å². The minimum atomic E-state index is -0.562. The summed E-state index contributed by atoms with van der Waals surface area (Å²) in [6.07, 6.45) is 1.83. The van der Waals surface area contributed by atoms with Crippen LogP contribution in [0, 0.1) is 5.92 Å². The van der Waals surface area contributed by atoms with Gasteiger partial charge in [0, 0.05) is 7.05 Å². The van der Waals surface area contributed by atoms with Gasteiger partial charge in [-0.05, 0) is 21.4 Å². The lowest BCUT2D eigenvalue weighted by Gasteiger charge is -2.19. The van der Waals surface area contributed by atoms with Crippen LogP contribution in [0.5, 0.6) is 0 Å². The lowest BCUT2D eigenvalue weighted by molar-refractivity contribution is -0.151. The molecule has 2 unspecified atom stereocenters. The lowest BCUT2D eigenvalue weighted by Crippen LogP contribution is -2.30. The summed E-state index contributed by atoms with van der Waals surface area (Å²) in [7, 11) is 4.69. The third-order valence-electron chi connectivity index (χ3n) is 4.04. The summed E-state index contributed by atoms with van der Waals surface area (Å²) in [4.78, 5) is 35.0. The van der Waals surface area contributed by atoms with Gasteiger partial charge in [-0.3, -0.25) is 19.1 Å². The van der Waals surface area contributed by atoms with Gasteiger partial charge in [0.15, 0.2) is 17.2 Å². The number of carbonyl (C=O) groups is 1. The van der Waals surface area contributed by atoms with Crippen LogP contribution in [0.3, 0.4) is 0 Å². The highest BCUT2D eigenvalue weighted by Crippen LogP contribution is 2.12. The predicted octanol–water partition coefficient (Wildman–Crippen LogP) is 1.81. The molecule has 2 aromatic heterocycles. The molecule has 0 aliphatic carbocycles. The molecule has 148 valence electrons. The van der Waals surface area contributed by atoms with Gasteiger partial charge in [0.1, 0.15) is 13.3 Å². The van der Waals surface area contributed by atoms with Crippen molar-refractivity contribution in [2.45, 2.75) is 46.1 Å². The van der Waals surface area contributed by atoms with Crippen molar-refractivity contribution in [1.82, 2.24) is 19.5 Å². The molecule has 2 rings (SSSR count). The molecule has 0 saturated heterocycles. The fourth-order valence-corrected chi connectivity index (χ4v) is 2.77. The number of ether oxygens (including phenoxy) is 2. The molecule has 0 radical (unpaired) electrons. The number of carbonyl (C=O) groups excluding carboxylic acids is 1. The van der Waals surface area contributed by atoms with E-state index in [-0.39, 0.29) is 36.4 Å². The van der Waals surface area contributed by atoms with E-state index >= 15 is 0 Å². The fraction of sp³-hybridized carbons (Fsp3) is 0.625. The van der Waals surface area contributed by atoms with Gasteiger partial charge in [-0.15, -0.1) is 0 Å². The summed E-state index contributed by atoms with van der Waals surface area (Å²) in [5, 5.41) is 2.79. The molecule has 2 heterocycles. The summed E-state index contributed by atoms with van der Waals surface area (Å²) in [6, 6.07) is -0.562. The number of imidazole rings is 1. The predicted molar refractivity (Wildman–Crippen MR) is 103 cm³/mol. The molecule has 0 aliphatic heterocycles. The number of aromatic amines is 1.